The van der Waals surface area contributed by atoms with Crippen LogP contribution < -0.4 is 0 Å². The van der Waals surface area contributed by atoms with Crippen LogP contribution in [-0.4, -0.2) is 37.2 Å². The van der Waals surface area contributed by atoms with Gasteiger partial charge in [0.2, 0.25) is 0 Å². The predicted octanol–water partition coefficient (Wildman–Crippen LogP) is 23.9. The first kappa shape index (κ1) is 76.1. The van der Waals surface area contributed by atoms with Crippen LogP contribution in [0, 0.1) is 0 Å². The zero-order valence-corrected chi connectivity index (χ0v) is 52.9. The second-order valence-corrected chi connectivity index (χ2v) is 23.4. The minimum absolute atomic E-state index is 0.0763. The van der Waals surface area contributed by atoms with Gasteiger partial charge in [0.05, 0.1) is 0 Å². The van der Waals surface area contributed by atoms with Crippen LogP contribution in [0.5, 0.6) is 0 Å². The molecule has 0 spiro atoms. The van der Waals surface area contributed by atoms with Gasteiger partial charge in [0, 0.05) is 19.3 Å². The molecule has 6 nitrogen and oxygen atoms in total. The van der Waals surface area contributed by atoms with Crippen molar-refractivity contribution in [2.45, 2.75) is 374 Å². The number of ether oxygens (including phenoxy) is 3. The summed E-state index contributed by atoms with van der Waals surface area (Å²) in [5.41, 5.74) is 0. The third-order valence-corrected chi connectivity index (χ3v) is 15.5. The average molecular weight is 1110 g/mol. The van der Waals surface area contributed by atoms with Crippen molar-refractivity contribution < 1.29 is 28.6 Å². The van der Waals surface area contributed by atoms with E-state index in [9.17, 15) is 14.4 Å². The molecule has 0 aliphatic rings. The zero-order chi connectivity index (χ0) is 57.1. The van der Waals surface area contributed by atoms with E-state index in [-0.39, 0.29) is 31.1 Å². The van der Waals surface area contributed by atoms with Gasteiger partial charge in [-0.3, -0.25) is 14.4 Å². The molecule has 0 aromatic rings. The van der Waals surface area contributed by atoms with E-state index in [4.69, 9.17) is 14.2 Å². The Hall–Kier alpha value is -2.89. The van der Waals surface area contributed by atoms with Crippen LogP contribution in [0.15, 0.2) is 60.8 Å². The summed E-state index contributed by atoms with van der Waals surface area (Å²) in [4.78, 5) is 38.5. The fourth-order valence-electron chi connectivity index (χ4n) is 10.3. The van der Waals surface area contributed by atoms with Gasteiger partial charge in [-0.05, 0) is 83.5 Å². The van der Waals surface area contributed by atoms with E-state index in [1.165, 1.54) is 238 Å². The molecule has 0 rings (SSSR count). The van der Waals surface area contributed by atoms with Gasteiger partial charge in [-0.1, -0.05) is 326 Å². The smallest absolute Gasteiger partial charge is 0.306 e. The summed E-state index contributed by atoms with van der Waals surface area (Å²) < 4.78 is 17.0. The minimum atomic E-state index is -0.781. The first-order valence-electron chi connectivity index (χ1n) is 34.8. The molecule has 0 saturated heterocycles. The monoisotopic (exact) mass is 1110 g/mol. The molecule has 0 aliphatic carbocycles. The van der Waals surface area contributed by atoms with Crippen molar-refractivity contribution in [3.05, 3.63) is 60.8 Å². The highest BCUT2D eigenvalue weighted by molar-refractivity contribution is 5.71. The molecule has 1 atom stereocenters. The van der Waals surface area contributed by atoms with Crippen LogP contribution in [0.1, 0.15) is 367 Å². The lowest BCUT2D eigenvalue weighted by Gasteiger charge is -2.18. The topological polar surface area (TPSA) is 78.9 Å². The summed E-state index contributed by atoms with van der Waals surface area (Å²) in [7, 11) is 0. The second-order valence-electron chi connectivity index (χ2n) is 23.4. The first-order chi connectivity index (χ1) is 39.0. The quantitative estimate of drug-likeness (QED) is 0.0261. The van der Waals surface area contributed by atoms with Crippen molar-refractivity contribution >= 4 is 17.9 Å². The van der Waals surface area contributed by atoms with Gasteiger partial charge in [0.15, 0.2) is 6.10 Å². The lowest BCUT2D eigenvalue weighted by Crippen LogP contribution is -2.30. The van der Waals surface area contributed by atoms with Gasteiger partial charge in [0.25, 0.3) is 0 Å². The number of unbranched alkanes of at least 4 members (excludes halogenated alkanes) is 43. The fourth-order valence-corrected chi connectivity index (χ4v) is 10.3. The Balaban J connectivity index is 4.36. The van der Waals surface area contributed by atoms with Crippen molar-refractivity contribution in [1.82, 2.24) is 0 Å². The fraction of sp³-hybridized carbons (Fsp3) is 0.822. The van der Waals surface area contributed by atoms with Crippen molar-refractivity contribution in [3.8, 4) is 0 Å². The molecule has 1 unspecified atom stereocenters. The highest BCUT2D eigenvalue weighted by Gasteiger charge is 2.19. The number of carbonyl (C=O) groups excluding carboxylic acids is 3. The van der Waals surface area contributed by atoms with Crippen LogP contribution in [0.25, 0.3) is 0 Å². The summed E-state index contributed by atoms with van der Waals surface area (Å²) >= 11 is 0. The van der Waals surface area contributed by atoms with Crippen LogP contribution in [0.2, 0.25) is 0 Å². The van der Waals surface area contributed by atoms with Crippen molar-refractivity contribution in [2.24, 2.45) is 0 Å². The van der Waals surface area contributed by atoms with E-state index in [0.717, 1.165) is 89.9 Å². The average Bonchev–Trinajstić information content (AvgIpc) is 3.45. The second kappa shape index (κ2) is 67.6. The number of hydrogen-bond acceptors (Lipinski definition) is 6. The first-order valence-corrected chi connectivity index (χ1v) is 34.8. The van der Waals surface area contributed by atoms with E-state index >= 15 is 0 Å². The highest BCUT2D eigenvalue weighted by Crippen LogP contribution is 2.18. The molecule has 0 amide bonds. The molecule has 0 aromatic carbocycles. The van der Waals surface area contributed by atoms with Crippen LogP contribution in [-0.2, 0) is 28.6 Å². The highest BCUT2D eigenvalue weighted by atomic mass is 16.6. The van der Waals surface area contributed by atoms with Gasteiger partial charge in [-0.25, -0.2) is 0 Å². The van der Waals surface area contributed by atoms with Gasteiger partial charge in [-0.15, -0.1) is 0 Å². The molecule has 79 heavy (non-hydrogen) atoms. The third kappa shape index (κ3) is 65.8. The minimum Gasteiger partial charge on any atom is -0.462 e. The van der Waals surface area contributed by atoms with Crippen LogP contribution in [0.3, 0.4) is 0 Å². The number of carbonyl (C=O) groups is 3. The molecular weight excluding hydrogens is 973 g/mol. The molecular formula is C73H132O6. The van der Waals surface area contributed by atoms with Gasteiger partial charge in [-0.2, -0.15) is 0 Å². The van der Waals surface area contributed by atoms with Gasteiger partial charge in [0.1, 0.15) is 13.2 Å². The molecule has 0 aliphatic heterocycles. The summed E-state index contributed by atoms with van der Waals surface area (Å²) in [5.74, 6) is -0.868. The Bertz CT molecular complexity index is 1410. The van der Waals surface area contributed by atoms with Crippen LogP contribution >= 0.6 is 0 Å². The number of esters is 3. The summed E-state index contributed by atoms with van der Waals surface area (Å²) in [6, 6.07) is 0. The Labute approximate surface area is 491 Å². The molecule has 0 N–H and O–H groups in total. The van der Waals surface area contributed by atoms with E-state index in [1.807, 2.05) is 0 Å². The molecule has 0 bridgehead atoms. The van der Waals surface area contributed by atoms with Crippen molar-refractivity contribution in [2.75, 3.05) is 13.2 Å². The molecule has 0 saturated carbocycles. The van der Waals surface area contributed by atoms with E-state index < -0.39 is 6.10 Å². The lowest BCUT2D eigenvalue weighted by atomic mass is 10.0. The third-order valence-electron chi connectivity index (χ3n) is 15.5. The standard InChI is InChI=1S/C73H132O6/c1-4-7-10-13-16-19-22-25-28-31-34-36-39-42-45-48-51-54-57-60-63-66-72(75)78-69-70(68-77-71(74)65-62-59-56-53-50-47-44-41-38-33-30-27-24-21-18-15-12-9-6-3)79-73(76)67-64-61-58-55-52-49-46-43-40-37-35-32-29-26-23-20-17-14-11-8-5-2/h9,12,18,21,27,30-31,34,38,41,70H,4-8,10-11,13-17,19-20,22-26,28-29,32-33,35-37,39-40,42-69H2,1-3H3/b12-9-,21-18-,30-27-,34-31-,41-38-. The predicted molar refractivity (Wildman–Crippen MR) is 344 cm³/mol. The maximum Gasteiger partial charge on any atom is 0.306 e. The summed E-state index contributed by atoms with van der Waals surface area (Å²) in [5, 5.41) is 0. The number of hydrogen-bond donors (Lipinski definition) is 0. The van der Waals surface area contributed by atoms with E-state index in [2.05, 4.69) is 81.5 Å². The number of allylic oxidation sites excluding steroid dienone is 10. The summed E-state index contributed by atoms with van der Waals surface area (Å²) in [6.45, 7) is 6.58. The van der Waals surface area contributed by atoms with Crippen molar-refractivity contribution in [3.63, 3.8) is 0 Å². The lowest BCUT2D eigenvalue weighted by molar-refractivity contribution is -0.167. The van der Waals surface area contributed by atoms with Crippen molar-refractivity contribution in [1.29, 1.82) is 0 Å². The molecule has 0 fully saturated rings. The Morgan fingerprint density at radius 3 is 0.785 bits per heavy atom. The summed E-state index contributed by atoms with van der Waals surface area (Å²) in [6.07, 6.45) is 86.7. The zero-order valence-electron chi connectivity index (χ0n) is 52.9. The van der Waals surface area contributed by atoms with E-state index in [0.29, 0.717) is 19.3 Å². The number of rotatable bonds is 64. The maximum atomic E-state index is 13.0. The van der Waals surface area contributed by atoms with Crippen LogP contribution in [0.4, 0.5) is 0 Å². The van der Waals surface area contributed by atoms with Gasteiger partial charge < -0.3 is 14.2 Å². The SMILES string of the molecule is CC/C=C\C/C=C\C/C=C\C/C=C\CCCCCCCCC(=O)OCC(COC(=O)CCCCCCCCCCC/C=C\CCCCCCCCCC)OC(=O)CCCCCCCCCCCCCCCCCCCCCCC. The molecule has 0 heterocycles. The Morgan fingerprint density at radius 2 is 0.494 bits per heavy atom. The maximum absolute atomic E-state index is 13.0. The van der Waals surface area contributed by atoms with E-state index in [1.54, 1.807) is 0 Å². The normalized spacial score (nSPS) is 12.4. The molecule has 0 radical (unpaired) electrons. The largest absolute Gasteiger partial charge is 0.462 e. The molecule has 460 valence electrons. The molecule has 6 heteroatoms. The Kier molecular flexibility index (Phi) is 65.1. The Morgan fingerprint density at radius 1 is 0.266 bits per heavy atom. The molecule has 0 aromatic heterocycles. The van der Waals surface area contributed by atoms with Gasteiger partial charge >= 0.3 is 17.9 Å².